The van der Waals surface area contributed by atoms with Gasteiger partial charge in [0.25, 0.3) is 0 Å². The van der Waals surface area contributed by atoms with E-state index in [1.807, 2.05) is 12.1 Å². The monoisotopic (exact) mass is 403 g/mol. The van der Waals surface area contributed by atoms with E-state index in [1.165, 1.54) is 0 Å². The molecule has 0 aliphatic heterocycles. The molecule has 1 rings (SSSR count). The Morgan fingerprint density at radius 1 is 1.31 bits per heavy atom. The van der Waals surface area contributed by atoms with Crippen molar-refractivity contribution in [3.63, 3.8) is 0 Å². The lowest BCUT2D eigenvalue weighted by atomic mass is 10.1. The third-order valence-corrected chi connectivity index (χ3v) is 3.20. The molecule has 0 fully saturated rings. The lowest BCUT2D eigenvalue weighted by Gasteiger charge is -2.06. The molecule has 0 aliphatic carbocycles. The maximum atomic E-state index is 9.70. The van der Waals surface area contributed by atoms with Crippen LogP contribution in [0.3, 0.4) is 0 Å². The molecule has 4 heteroatoms. The minimum absolute atomic E-state index is 0.412. The summed E-state index contributed by atoms with van der Waals surface area (Å²) < 4.78 is 2.07. The second-order valence-corrected chi connectivity index (χ2v) is 5.20. The van der Waals surface area contributed by atoms with Crippen LogP contribution in [-0.4, -0.2) is 11.7 Å². The minimum atomic E-state index is 0.412. The smallest absolute Gasteiger partial charge is 0.132 e. The SMILES string of the molecule is NCCCc1cc(I)cc(I)c1O. The Morgan fingerprint density at radius 3 is 2.62 bits per heavy atom. The van der Waals surface area contributed by atoms with Crippen molar-refractivity contribution in [1.82, 2.24) is 0 Å². The number of aryl methyl sites for hydroxylation is 1. The highest BCUT2D eigenvalue weighted by Crippen LogP contribution is 2.27. The molecule has 0 saturated heterocycles. The van der Waals surface area contributed by atoms with Gasteiger partial charge in [-0.25, -0.2) is 0 Å². The first-order chi connectivity index (χ1) is 6.15. The molecule has 0 heterocycles. The summed E-state index contributed by atoms with van der Waals surface area (Å²) in [6, 6.07) is 3.97. The molecule has 0 aromatic heterocycles. The van der Waals surface area contributed by atoms with E-state index in [0.717, 1.165) is 25.5 Å². The second kappa shape index (κ2) is 5.35. The van der Waals surface area contributed by atoms with Gasteiger partial charge in [-0.2, -0.15) is 0 Å². The van der Waals surface area contributed by atoms with Gasteiger partial charge < -0.3 is 10.8 Å². The van der Waals surface area contributed by atoms with Crippen LogP contribution < -0.4 is 5.73 Å². The number of halogens is 2. The first kappa shape index (κ1) is 11.5. The third-order valence-electron chi connectivity index (χ3n) is 1.76. The van der Waals surface area contributed by atoms with Crippen LogP contribution in [-0.2, 0) is 6.42 Å². The predicted molar refractivity (Wildman–Crippen MR) is 70.9 cm³/mol. The average Bonchev–Trinajstić information content (AvgIpc) is 2.09. The summed E-state index contributed by atoms with van der Waals surface area (Å²) in [4.78, 5) is 0. The van der Waals surface area contributed by atoms with E-state index in [9.17, 15) is 5.11 Å². The number of phenolic OH excluding ortho intramolecular Hbond substituents is 1. The zero-order chi connectivity index (χ0) is 9.84. The molecule has 0 amide bonds. The summed E-state index contributed by atoms with van der Waals surface area (Å²) in [6.07, 6.45) is 1.78. The number of phenols is 1. The molecule has 0 unspecified atom stereocenters. The van der Waals surface area contributed by atoms with Crippen LogP contribution in [0.4, 0.5) is 0 Å². The summed E-state index contributed by atoms with van der Waals surface area (Å²) in [6.45, 7) is 0.668. The Bertz CT molecular complexity index is 302. The fourth-order valence-corrected chi connectivity index (χ4v) is 3.07. The second-order valence-electron chi connectivity index (χ2n) is 2.79. The summed E-state index contributed by atoms with van der Waals surface area (Å²) >= 11 is 4.39. The van der Waals surface area contributed by atoms with Crippen molar-refractivity contribution in [2.75, 3.05) is 6.54 Å². The number of rotatable bonds is 3. The Balaban J connectivity index is 2.92. The molecule has 1 aromatic carbocycles. The van der Waals surface area contributed by atoms with E-state index in [0.29, 0.717) is 12.3 Å². The number of nitrogens with two attached hydrogens (primary N) is 1. The van der Waals surface area contributed by atoms with E-state index in [2.05, 4.69) is 45.2 Å². The van der Waals surface area contributed by atoms with Crippen molar-refractivity contribution in [1.29, 1.82) is 0 Å². The molecule has 72 valence electrons. The van der Waals surface area contributed by atoms with Crippen molar-refractivity contribution in [2.24, 2.45) is 5.73 Å². The van der Waals surface area contributed by atoms with Crippen LogP contribution in [0.1, 0.15) is 12.0 Å². The topological polar surface area (TPSA) is 46.2 Å². The molecule has 0 spiro atoms. The molecule has 0 bridgehead atoms. The molecule has 0 saturated carbocycles. The molecule has 1 aromatic rings. The van der Waals surface area contributed by atoms with Crippen LogP contribution in [0.15, 0.2) is 12.1 Å². The molecule has 3 N–H and O–H groups in total. The van der Waals surface area contributed by atoms with Gasteiger partial charge in [0.2, 0.25) is 0 Å². The summed E-state index contributed by atoms with van der Waals surface area (Å²) in [5, 5.41) is 9.70. The highest BCUT2D eigenvalue weighted by molar-refractivity contribution is 14.1. The quantitative estimate of drug-likeness (QED) is 0.763. The maximum Gasteiger partial charge on any atom is 0.132 e. The van der Waals surface area contributed by atoms with Crippen molar-refractivity contribution in [3.05, 3.63) is 24.8 Å². The third kappa shape index (κ3) is 3.25. The molecule has 13 heavy (non-hydrogen) atoms. The normalized spacial score (nSPS) is 10.4. The molecule has 0 radical (unpaired) electrons. The highest BCUT2D eigenvalue weighted by Gasteiger charge is 2.06. The summed E-state index contributed by atoms with van der Waals surface area (Å²) in [5.41, 5.74) is 6.42. The zero-order valence-electron chi connectivity index (χ0n) is 7.06. The Morgan fingerprint density at radius 2 is 2.00 bits per heavy atom. The van der Waals surface area contributed by atoms with Gasteiger partial charge in [0, 0.05) is 3.57 Å². The Labute approximate surface area is 105 Å². The average molecular weight is 403 g/mol. The zero-order valence-corrected chi connectivity index (χ0v) is 11.4. The summed E-state index contributed by atoms with van der Waals surface area (Å²) in [7, 11) is 0. The van der Waals surface area contributed by atoms with Crippen LogP contribution in [0.2, 0.25) is 0 Å². The molecular weight excluding hydrogens is 392 g/mol. The fraction of sp³-hybridized carbons (Fsp3) is 0.333. The van der Waals surface area contributed by atoms with Crippen molar-refractivity contribution in [3.8, 4) is 5.75 Å². The minimum Gasteiger partial charge on any atom is -0.507 e. The molecule has 0 aliphatic rings. The number of hydrogen-bond donors (Lipinski definition) is 2. The number of hydrogen-bond acceptors (Lipinski definition) is 2. The van der Waals surface area contributed by atoms with E-state index >= 15 is 0 Å². The first-order valence-electron chi connectivity index (χ1n) is 4.02. The highest BCUT2D eigenvalue weighted by atomic mass is 127. The van der Waals surface area contributed by atoms with Gasteiger partial charge >= 0.3 is 0 Å². The van der Waals surface area contributed by atoms with E-state index in [-0.39, 0.29) is 0 Å². The number of aromatic hydroxyl groups is 1. The van der Waals surface area contributed by atoms with E-state index in [4.69, 9.17) is 5.73 Å². The van der Waals surface area contributed by atoms with Gasteiger partial charge in [-0.1, -0.05) is 0 Å². The Hall–Kier alpha value is 0.440. The molecule has 2 nitrogen and oxygen atoms in total. The van der Waals surface area contributed by atoms with Gasteiger partial charge in [0.15, 0.2) is 0 Å². The predicted octanol–water partition coefficient (Wildman–Crippen LogP) is 2.49. The summed E-state index contributed by atoms with van der Waals surface area (Å²) in [5.74, 6) is 0.412. The lowest BCUT2D eigenvalue weighted by molar-refractivity contribution is 0.463. The Kier molecular flexibility index (Phi) is 4.74. The maximum absolute atomic E-state index is 9.70. The van der Waals surface area contributed by atoms with Crippen LogP contribution in [0.5, 0.6) is 5.75 Å². The lowest BCUT2D eigenvalue weighted by Crippen LogP contribution is -2.01. The van der Waals surface area contributed by atoms with E-state index in [1.54, 1.807) is 0 Å². The first-order valence-corrected chi connectivity index (χ1v) is 6.18. The van der Waals surface area contributed by atoms with Crippen molar-refractivity contribution >= 4 is 45.2 Å². The molecular formula is C9H11I2NO. The fourth-order valence-electron chi connectivity index (χ4n) is 1.10. The number of benzene rings is 1. The van der Waals surface area contributed by atoms with Crippen LogP contribution >= 0.6 is 45.2 Å². The van der Waals surface area contributed by atoms with Gasteiger partial charge in [0.05, 0.1) is 3.57 Å². The molecule has 0 atom stereocenters. The van der Waals surface area contributed by atoms with Crippen molar-refractivity contribution < 1.29 is 5.11 Å². The van der Waals surface area contributed by atoms with Gasteiger partial charge in [-0.3, -0.25) is 0 Å². The van der Waals surface area contributed by atoms with E-state index < -0.39 is 0 Å². The standard InChI is InChI=1S/C9H11I2NO/c10-7-4-6(2-1-3-12)9(13)8(11)5-7/h4-5,13H,1-3,12H2. The largest absolute Gasteiger partial charge is 0.507 e. The van der Waals surface area contributed by atoms with Crippen molar-refractivity contribution in [2.45, 2.75) is 12.8 Å². The van der Waals surface area contributed by atoms with Gasteiger partial charge in [-0.15, -0.1) is 0 Å². The van der Waals surface area contributed by atoms with Crippen LogP contribution in [0.25, 0.3) is 0 Å². The van der Waals surface area contributed by atoms with Gasteiger partial charge in [-0.05, 0) is 82.3 Å². The van der Waals surface area contributed by atoms with Crippen LogP contribution in [0, 0.1) is 7.14 Å². The van der Waals surface area contributed by atoms with Gasteiger partial charge in [0.1, 0.15) is 5.75 Å².